The summed E-state index contributed by atoms with van der Waals surface area (Å²) in [5.41, 5.74) is 0. The minimum absolute atomic E-state index is 0.207. The van der Waals surface area contributed by atoms with E-state index in [1.54, 1.807) is 0 Å². The second kappa shape index (κ2) is 4.45. The number of allylic oxidation sites excluding steroid dienone is 5. The molecule has 0 fully saturated rings. The van der Waals surface area contributed by atoms with Crippen molar-refractivity contribution >= 4 is 15.9 Å². The number of aliphatic hydroxyl groups excluding tert-OH is 1. The lowest BCUT2D eigenvalue weighted by Crippen LogP contribution is -2.18. The summed E-state index contributed by atoms with van der Waals surface area (Å²) < 4.78 is 1.19. The van der Waals surface area contributed by atoms with Crippen LogP contribution < -0.4 is 0 Å². The normalized spacial score (nSPS) is 37.0. The van der Waals surface area contributed by atoms with E-state index in [0.717, 1.165) is 19.3 Å². The number of hydrogen-bond acceptors (Lipinski definition) is 1. The molecular formula is C12H15BrO. The largest absolute Gasteiger partial charge is 0.389 e. The molecule has 2 rings (SSSR count). The molecule has 0 aromatic rings. The Kier molecular flexibility index (Phi) is 3.24. The molecule has 0 saturated heterocycles. The summed E-state index contributed by atoms with van der Waals surface area (Å²) in [4.78, 5) is 0. The van der Waals surface area contributed by atoms with Crippen LogP contribution in [-0.4, -0.2) is 11.2 Å². The molecule has 0 saturated carbocycles. The lowest BCUT2D eigenvalue weighted by molar-refractivity contribution is 0.188. The quantitative estimate of drug-likeness (QED) is 0.713. The van der Waals surface area contributed by atoms with Crippen molar-refractivity contribution in [1.29, 1.82) is 0 Å². The molecule has 1 nitrogen and oxygen atoms in total. The maximum atomic E-state index is 9.34. The van der Waals surface area contributed by atoms with Gasteiger partial charge in [-0.2, -0.15) is 0 Å². The Morgan fingerprint density at radius 3 is 2.57 bits per heavy atom. The molecule has 2 aliphatic rings. The van der Waals surface area contributed by atoms with E-state index in [1.807, 2.05) is 6.08 Å². The van der Waals surface area contributed by atoms with Crippen LogP contribution in [0.2, 0.25) is 0 Å². The van der Waals surface area contributed by atoms with Crippen LogP contribution in [0.1, 0.15) is 19.3 Å². The van der Waals surface area contributed by atoms with Crippen LogP contribution in [0.4, 0.5) is 0 Å². The molecule has 3 atom stereocenters. The van der Waals surface area contributed by atoms with E-state index >= 15 is 0 Å². The van der Waals surface area contributed by atoms with Crippen LogP contribution in [0.15, 0.2) is 34.9 Å². The number of rotatable bonds is 1. The average Bonchev–Trinajstić information content (AvgIpc) is 2.21. The van der Waals surface area contributed by atoms with Gasteiger partial charge in [-0.3, -0.25) is 0 Å². The maximum absolute atomic E-state index is 9.34. The molecule has 2 unspecified atom stereocenters. The molecule has 0 amide bonds. The van der Waals surface area contributed by atoms with Crippen molar-refractivity contribution in [2.75, 3.05) is 0 Å². The Hall–Kier alpha value is -0.340. The van der Waals surface area contributed by atoms with Gasteiger partial charge in [0.1, 0.15) is 0 Å². The molecular weight excluding hydrogens is 240 g/mol. The van der Waals surface area contributed by atoms with Gasteiger partial charge in [-0.1, -0.05) is 46.3 Å². The summed E-state index contributed by atoms with van der Waals surface area (Å²) in [5, 5.41) is 9.34. The van der Waals surface area contributed by atoms with Crippen LogP contribution in [0.5, 0.6) is 0 Å². The van der Waals surface area contributed by atoms with Crippen molar-refractivity contribution in [2.45, 2.75) is 25.4 Å². The van der Waals surface area contributed by atoms with Crippen LogP contribution in [-0.2, 0) is 0 Å². The fourth-order valence-corrected chi connectivity index (χ4v) is 2.45. The smallest absolute Gasteiger partial charge is 0.0721 e. The Bertz CT molecular complexity index is 291. The lowest BCUT2D eigenvalue weighted by Gasteiger charge is -2.26. The summed E-state index contributed by atoms with van der Waals surface area (Å²) in [5.74, 6) is 1.24. The van der Waals surface area contributed by atoms with Gasteiger partial charge in [-0.05, 0) is 31.1 Å². The van der Waals surface area contributed by atoms with Gasteiger partial charge in [0.05, 0.1) is 6.10 Å². The summed E-state index contributed by atoms with van der Waals surface area (Å²) in [7, 11) is 0. The molecule has 14 heavy (non-hydrogen) atoms. The molecule has 2 heteroatoms. The summed E-state index contributed by atoms with van der Waals surface area (Å²) >= 11 is 3.47. The molecule has 0 spiro atoms. The van der Waals surface area contributed by atoms with Crippen molar-refractivity contribution in [3.05, 3.63) is 34.9 Å². The Labute approximate surface area is 93.3 Å². The number of hydrogen-bond donors (Lipinski definition) is 1. The van der Waals surface area contributed by atoms with Gasteiger partial charge < -0.3 is 5.11 Å². The van der Waals surface area contributed by atoms with Gasteiger partial charge in [0, 0.05) is 4.48 Å². The minimum atomic E-state index is -0.207. The zero-order chi connectivity index (χ0) is 9.97. The molecule has 0 bridgehead atoms. The van der Waals surface area contributed by atoms with Crippen molar-refractivity contribution < 1.29 is 5.11 Å². The summed E-state index contributed by atoms with van der Waals surface area (Å²) in [6, 6.07) is 0. The van der Waals surface area contributed by atoms with Gasteiger partial charge in [0.2, 0.25) is 0 Å². The Morgan fingerprint density at radius 1 is 1.14 bits per heavy atom. The first-order valence-electron chi connectivity index (χ1n) is 5.16. The van der Waals surface area contributed by atoms with Crippen molar-refractivity contribution in [3.63, 3.8) is 0 Å². The van der Waals surface area contributed by atoms with E-state index < -0.39 is 0 Å². The zero-order valence-electron chi connectivity index (χ0n) is 8.07. The topological polar surface area (TPSA) is 20.2 Å². The second-order valence-electron chi connectivity index (χ2n) is 4.04. The standard InChI is InChI=1S/C12H15BrO/c13-11-5-1-9(2-6-11)10-3-7-12(14)8-4-10/h1,3,5-7,9-10,12,14H,2,4,8H2/t9?,10?,12-/m1/s1. The lowest BCUT2D eigenvalue weighted by atomic mass is 9.80. The highest BCUT2D eigenvalue weighted by molar-refractivity contribution is 9.11. The molecule has 0 aromatic carbocycles. The van der Waals surface area contributed by atoms with Gasteiger partial charge in [-0.25, -0.2) is 0 Å². The first kappa shape index (κ1) is 10.2. The zero-order valence-corrected chi connectivity index (χ0v) is 9.65. The highest BCUT2D eigenvalue weighted by Crippen LogP contribution is 2.32. The molecule has 0 aromatic heterocycles. The van der Waals surface area contributed by atoms with Crippen LogP contribution in [0, 0.1) is 11.8 Å². The van der Waals surface area contributed by atoms with E-state index in [2.05, 4.69) is 40.2 Å². The number of halogens is 1. The van der Waals surface area contributed by atoms with Crippen LogP contribution in [0.25, 0.3) is 0 Å². The van der Waals surface area contributed by atoms with Gasteiger partial charge in [0.15, 0.2) is 0 Å². The maximum Gasteiger partial charge on any atom is 0.0721 e. The molecule has 0 heterocycles. The summed E-state index contributed by atoms with van der Waals surface area (Å²) in [6.07, 6.45) is 13.7. The highest BCUT2D eigenvalue weighted by atomic mass is 79.9. The van der Waals surface area contributed by atoms with E-state index in [1.165, 1.54) is 4.48 Å². The number of aliphatic hydroxyl groups is 1. The average molecular weight is 255 g/mol. The summed E-state index contributed by atoms with van der Waals surface area (Å²) in [6.45, 7) is 0. The van der Waals surface area contributed by atoms with Crippen LogP contribution >= 0.6 is 15.9 Å². The predicted molar refractivity (Wildman–Crippen MR) is 62.1 cm³/mol. The van der Waals surface area contributed by atoms with Crippen molar-refractivity contribution in [3.8, 4) is 0 Å². The van der Waals surface area contributed by atoms with E-state index in [-0.39, 0.29) is 6.10 Å². The van der Waals surface area contributed by atoms with E-state index in [4.69, 9.17) is 0 Å². The van der Waals surface area contributed by atoms with Gasteiger partial charge in [-0.15, -0.1) is 0 Å². The molecule has 0 radical (unpaired) electrons. The first-order valence-corrected chi connectivity index (χ1v) is 5.95. The SMILES string of the molecule is O[C@@H]1C=CC(C2C=CC(Br)=CC2)CC1. The third-order valence-electron chi connectivity index (χ3n) is 3.01. The second-order valence-corrected chi connectivity index (χ2v) is 4.96. The van der Waals surface area contributed by atoms with E-state index in [0.29, 0.717) is 11.8 Å². The van der Waals surface area contributed by atoms with Gasteiger partial charge >= 0.3 is 0 Å². The minimum Gasteiger partial charge on any atom is -0.389 e. The van der Waals surface area contributed by atoms with Crippen molar-refractivity contribution in [1.82, 2.24) is 0 Å². The Balaban J connectivity index is 1.98. The third kappa shape index (κ3) is 2.37. The fraction of sp³-hybridized carbons (Fsp3) is 0.500. The monoisotopic (exact) mass is 254 g/mol. The van der Waals surface area contributed by atoms with Gasteiger partial charge in [0.25, 0.3) is 0 Å². The molecule has 0 aliphatic heterocycles. The molecule has 76 valence electrons. The molecule has 1 N–H and O–H groups in total. The predicted octanol–water partition coefficient (Wildman–Crippen LogP) is 3.17. The first-order chi connectivity index (χ1) is 6.75. The van der Waals surface area contributed by atoms with E-state index in [9.17, 15) is 5.11 Å². The fourth-order valence-electron chi connectivity index (χ4n) is 2.11. The van der Waals surface area contributed by atoms with Crippen LogP contribution in [0.3, 0.4) is 0 Å². The van der Waals surface area contributed by atoms with Crippen molar-refractivity contribution in [2.24, 2.45) is 11.8 Å². The third-order valence-corrected chi connectivity index (χ3v) is 3.60. The molecule has 2 aliphatic carbocycles. The Morgan fingerprint density at radius 2 is 2.00 bits per heavy atom. The highest BCUT2D eigenvalue weighted by Gasteiger charge is 2.21.